The van der Waals surface area contributed by atoms with Crippen molar-refractivity contribution in [3.63, 3.8) is 0 Å². The number of aromatic nitrogens is 4. The number of carboxylic acids is 4. The lowest BCUT2D eigenvalue weighted by atomic mass is 10.3. The molecule has 0 atom stereocenters. The molecule has 2 rings (SSSR count). The number of carbonyl (C=O) groups excluding carboxylic acids is 4. The van der Waals surface area contributed by atoms with Crippen LogP contribution in [0.3, 0.4) is 0 Å². The lowest BCUT2D eigenvalue weighted by Gasteiger charge is -2.09. The molecule has 0 aromatic carbocycles. The highest BCUT2D eigenvalue weighted by Gasteiger charge is 2.22. The molecule has 0 fully saturated rings. The van der Waals surface area contributed by atoms with Crippen LogP contribution in [-0.2, 0) is 19.2 Å². The van der Waals surface area contributed by atoms with Crippen LogP contribution in [0.1, 0.15) is 42.0 Å². The number of carboxylic acid groups (broad SMARTS) is 4. The molecule has 16 N–H and O–H groups in total. The van der Waals surface area contributed by atoms with Crippen LogP contribution in [0.2, 0.25) is 0 Å². The second kappa shape index (κ2) is 15.8. The largest absolute Gasteiger partial charge is 0.480 e. The molecule has 236 valence electrons. The molecular weight excluding hydrogens is 600 g/mol. The van der Waals surface area contributed by atoms with Crippen molar-refractivity contribution in [2.24, 2.45) is 0 Å². The third kappa shape index (κ3) is 10.9. The zero-order valence-electron chi connectivity index (χ0n) is 22.0. The molecule has 2 aromatic heterocycles. The van der Waals surface area contributed by atoms with Crippen molar-refractivity contribution in [1.29, 1.82) is 0 Å². The highest BCUT2D eigenvalue weighted by Crippen LogP contribution is 2.14. The fourth-order valence-electron chi connectivity index (χ4n) is 2.55. The molecule has 4 amide bonds. The van der Waals surface area contributed by atoms with E-state index in [0.29, 0.717) is 0 Å². The number of aliphatic carboxylic acids is 4. The summed E-state index contributed by atoms with van der Waals surface area (Å²) in [5.41, 5.74) is 20.0. The number of anilines is 4. The molecule has 24 heteroatoms. The zero-order valence-corrected chi connectivity index (χ0v) is 22.0. The minimum absolute atomic E-state index is 0.450. The molecule has 2 aromatic rings. The van der Waals surface area contributed by atoms with Gasteiger partial charge in [0.05, 0.1) is 0 Å². The van der Waals surface area contributed by atoms with E-state index in [-0.39, 0.29) is 0 Å². The first kappa shape index (κ1) is 35.1. The molecule has 0 radical (unpaired) electrons. The van der Waals surface area contributed by atoms with Gasteiger partial charge in [0.2, 0.25) is 0 Å². The van der Waals surface area contributed by atoms with E-state index in [1.807, 2.05) is 21.3 Å². The van der Waals surface area contributed by atoms with Crippen LogP contribution < -0.4 is 44.2 Å². The van der Waals surface area contributed by atoms with Gasteiger partial charge in [0.1, 0.15) is 26.2 Å². The topological polar surface area (TPSA) is 421 Å². The van der Waals surface area contributed by atoms with Crippen LogP contribution in [-0.4, -0.2) is 114 Å². The first-order valence-corrected chi connectivity index (χ1v) is 11.3. The number of nitrogens with two attached hydrogens (primary N) is 4. The van der Waals surface area contributed by atoms with Gasteiger partial charge in [-0.2, -0.15) is 0 Å². The monoisotopic (exact) mass is 624 g/mol. The van der Waals surface area contributed by atoms with E-state index >= 15 is 0 Å². The van der Waals surface area contributed by atoms with E-state index in [0.717, 1.165) is 0 Å². The lowest BCUT2D eigenvalue weighted by molar-refractivity contribution is -0.136. The van der Waals surface area contributed by atoms with E-state index < -0.39 is 120 Å². The number of rotatable bonds is 12. The summed E-state index contributed by atoms with van der Waals surface area (Å²) < 4.78 is 0. The van der Waals surface area contributed by atoms with Crippen LogP contribution in [0, 0.1) is 0 Å². The second-order valence-electron chi connectivity index (χ2n) is 7.69. The Bertz CT molecular complexity index is 1290. The minimum Gasteiger partial charge on any atom is -0.480 e. The highest BCUT2D eigenvalue weighted by molar-refractivity contribution is 6.03. The van der Waals surface area contributed by atoms with Crippen LogP contribution in [0.25, 0.3) is 0 Å². The smallest absolute Gasteiger partial charge is 0.322 e. The van der Waals surface area contributed by atoms with E-state index in [1.165, 1.54) is 0 Å². The molecule has 0 aliphatic heterocycles. The molecule has 0 saturated heterocycles. The van der Waals surface area contributed by atoms with Gasteiger partial charge >= 0.3 is 23.9 Å². The van der Waals surface area contributed by atoms with Crippen molar-refractivity contribution in [2.45, 2.75) is 0 Å². The Labute approximate surface area is 243 Å². The molecule has 0 aliphatic rings. The number of nitrogens with zero attached hydrogens (tertiary/aromatic N) is 4. The molecule has 0 saturated carbocycles. The Morgan fingerprint density at radius 1 is 0.409 bits per heavy atom. The number of hydrogen-bond acceptors (Lipinski definition) is 16. The predicted octanol–water partition coefficient (Wildman–Crippen LogP) is -5.46. The molecule has 0 aliphatic carbocycles. The first-order valence-electron chi connectivity index (χ1n) is 11.3. The third-order valence-corrected chi connectivity index (χ3v) is 4.36. The summed E-state index contributed by atoms with van der Waals surface area (Å²) in [4.78, 5) is 102. The maximum Gasteiger partial charge on any atom is 0.322 e. The van der Waals surface area contributed by atoms with Crippen molar-refractivity contribution in [2.75, 3.05) is 49.1 Å². The third-order valence-electron chi connectivity index (χ3n) is 4.36. The molecule has 44 heavy (non-hydrogen) atoms. The van der Waals surface area contributed by atoms with E-state index in [2.05, 4.69) is 19.9 Å². The van der Waals surface area contributed by atoms with Gasteiger partial charge in [-0.1, -0.05) is 0 Å². The van der Waals surface area contributed by atoms with Gasteiger partial charge in [0.25, 0.3) is 23.6 Å². The van der Waals surface area contributed by atoms with E-state index in [1.54, 1.807) is 0 Å². The summed E-state index contributed by atoms with van der Waals surface area (Å²) in [5, 5.41) is 41.8. The molecular formula is C20H24N12O12. The summed E-state index contributed by atoms with van der Waals surface area (Å²) in [6.45, 7) is -2.66. The second-order valence-corrected chi connectivity index (χ2v) is 7.69. The summed E-state index contributed by atoms with van der Waals surface area (Å²) in [6, 6.07) is 0. The van der Waals surface area contributed by atoms with E-state index in [9.17, 15) is 38.4 Å². The predicted molar refractivity (Wildman–Crippen MR) is 142 cm³/mol. The average Bonchev–Trinajstić information content (AvgIpc) is 2.94. The first-order chi connectivity index (χ1) is 20.4. The summed E-state index contributed by atoms with van der Waals surface area (Å²) in [7, 11) is 0. The van der Waals surface area contributed by atoms with Gasteiger partial charge < -0.3 is 64.6 Å². The Morgan fingerprint density at radius 2 is 0.568 bits per heavy atom. The van der Waals surface area contributed by atoms with Gasteiger partial charge in [-0.05, 0) is 0 Å². The number of nitrogen functional groups attached to an aromatic ring is 4. The molecule has 0 spiro atoms. The molecule has 0 bridgehead atoms. The fourth-order valence-corrected chi connectivity index (χ4v) is 2.55. The Balaban J connectivity index is 0.000000440. The quantitative estimate of drug-likeness (QED) is 0.105. The van der Waals surface area contributed by atoms with Gasteiger partial charge in [-0.25, -0.2) is 19.9 Å². The van der Waals surface area contributed by atoms with Crippen LogP contribution >= 0.6 is 0 Å². The van der Waals surface area contributed by atoms with Crippen molar-refractivity contribution >= 4 is 70.8 Å². The number of nitrogens with one attached hydrogen (secondary N) is 4. The van der Waals surface area contributed by atoms with Gasteiger partial charge in [0.15, 0.2) is 46.0 Å². The van der Waals surface area contributed by atoms with Crippen LogP contribution in [0.5, 0.6) is 0 Å². The molecule has 2 heterocycles. The standard InChI is InChI=1S/2C10H12N6O6/c2*11-7-5(9(21)13-1-3(17)18)15-8(12)6(16-7)10(22)14-2-4(19)20/h2*1-2H2,(H2,12,15)(H2,11,16)(H,13,21)(H,14,22)(H,17,18)(H,19,20). The van der Waals surface area contributed by atoms with E-state index in [4.69, 9.17) is 43.4 Å². The van der Waals surface area contributed by atoms with Crippen LogP contribution in [0.15, 0.2) is 0 Å². The van der Waals surface area contributed by atoms with Gasteiger partial charge in [-0.15, -0.1) is 0 Å². The normalized spacial score (nSPS) is 9.82. The highest BCUT2D eigenvalue weighted by atomic mass is 16.4. The van der Waals surface area contributed by atoms with Crippen molar-refractivity contribution < 1.29 is 58.8 Å². The zero-order chi connectivity index (χ0) is 33.7. The minimum atomic E-state index is -1.28. The SMILES string of the molecule is Nc1nc(C(=O)NCC(=O)O)c(N)nc1C(=O)NCC(=O)O.Nc1nc(C(=O)NCC(=O)O)c(N)nc1C(=O)NCC(=O)O. The van der Waals surface area contributed by atoms with Crippen molar-refractivity contribution in [1.82, 2.24) is 41.2 Å². The molecule has 0 unspecified atom stereocenters. The van der Waals surface area contributed by atoms with Gasteiger partial charge in [0, 0.05) is 0 Å². The Hall–Kier alpha value is -6.88. The number of hydrogen-bond donors (Lipinski definition) is 12. The maximum atomic E-state index is 11.6. The average molecular weight is 624 g/mol. The Kier molecular flexibility index (Phi) is 12.6. The van der Waals surface area contributed by atoms with Crippen molar-refractivity contribution in [3.05, 3.63) is 22.8 Å². The number of amides is 4. The summed E-state index contributed by atoms with van der Waals surface area (Å²) in [6.07, 6.45) is 0. The maximum absolute atomic E-state index is 11.6. The number of carbonyl (C=O) groups is 8. The fraction of sp³-hybridized carbons (Fsp3) is 0.200. The van der Waals surface area contributed by atoms with Crippen LogP contribution in [0.4, 0.5) is 23.3 Å². The molecule has 24 nitrogen and oxygen atoms in total. The summed E-state index contributed by atoms with van der Waals surface area (Å²) >= 11 is 0. The van der Waals surface area contributed by atoms with Crippen molar-refractivity contribution in [3.8, 4) is 0 Å². The summed E-state index contributed by atoms with van der Waals surface area (Å²) in [5.74, 6) is -10.7. The Morgan fingerprint density at radius 3 is 0.705 bits per heavy atom. The van der Waals surface area contributed by atoms with Gasteiger partial charge in [-0.3, -0.25) is 38.4 Å². The lowest BCUT2D eigenvalue weighted by Crippen LogP contribution is -2.33.